The average molecular weight is 265 g/mol. The summed E-state index contributed by atoms with van der Waals surface area (Å²) in [4.78, 5) is 12.1. The van der Waals surface area contributed by atoms with Gasteiger partial charge in [0.1, 0.15) is 0 Å². The molecule has 1 aromatic carbocycles. The van der Waals surface area contributed by atoms with E-state index in [-0.39, 0.29) is 17.6 Å². The second-order valence-corrected chi connectivity index (χ2v) is 7.09. The van der Waals surface area contributed by atoms with Crippen LogP contribution in [0.5, 0.6) is 0 Å². The standard InChI is InChI=1S/C13H15NO3S/c15-13(9-3-4-9)14-11-5-6-12-10(8-11)2-1-7-18(12,16)17/h5-6,8-9H,1-4,7H2,(H,14,15). The van der Waals surface area contributed by atoms with E-state index < -0.39 is 9.84 Å². The van der Waals surface area contributed by atoms with Crippen molar-refractivity contribution in [3.63, 3.8) is 0 Å². The predicted octanol–water partition coefficient (Wildman–Crippen LogP) is 1.76. The van der Waals surface area contributed by atoms with Crippen LogP contribution >= 0.6 is 0 Å². The van der Waals surface area contributed by atoms with Crippen LogP contribution in [0.3, 0.4) is 0 Å². The molecule has 18 heavy (non-hydrogen) atoms. The van der Waals surface area contributed by atoms with Gasteiger partial charge in [-0.3, -0.25) is 4.79 Å². The summed E-state index contributed by atoms with van der Waals surface area (Å²) < 4.78 is 23.7. The fourth-order valence-corrected chi connectivity index (χ4v) is 3.89. The van der Waals surface area contributed by atoms with Gasteiger partial charge < -0.3 is 5.32 Å². The van der Waals surface area contributed by atoms with E-state index in [1.165, 1.54) is 0 Å². The van der Waals surface area contributed by atoms with Crippen molar-refractivity contribution < 1.29 is 13.2 Å². The fraction of sp³-hybridized carbons (Fsp3) is 0.462. The lowest BCUT2D eigenvalue weighted by Crippen LogP contribution is -2.17. The smallest absolute Gasteiger partial charge is 0.227 e. The van der Waals surface area contributed by atoms with Crippen LogP contribution in [0.15, 0.2) is 23.1 Å². The molecule has 96 valence electrons. The SMILES string of the molecule is O=C(Nc1ccc2c(c1)CCCS2(=O)=O)C1CC1. The normalized spacial score (nSPS) is 21.1. The number of fused-ring (bicyclic) bond motifs is 1. The highest BCUT2D eigenvalue weighted by Gasteiger charge is 2.30. The van der Waals surface area contributed by atoms with Gasteiger partial charge in [0.25, 0.3) is 0 Å². The van der Waals surface area contributed by atoms with Gasteiger partial charge >= 0.3 is 0 Å². The number of sulfone groups is 1. The Bertz CT molecular complexity index is 603. The van der Waals surface area contributed by atoms with Gasteiger partial charge in [0, 0.05) is 11.6 Å². The predicted molar refractivity (Wildman–Crippen MR) is 68.2 cm³/mol. The molecule has 5 heteroatoms. The summed E-state index contributed by atoms with van der Waals surface area (Å²) in [5, 5.41) is 2.85. The second-order valence-electron chi connectivity index (χ2n) is 5.01. The number of anilines is 1. The van der Waals surface area contributed by atoms with Gasteiger partial charge in [0.05, 0.1) is 10.6 Å². The van der Waals surface area contributed by atoms with Crippen molar-refractivity contribution in [3.05, 3.63) is 23.8 Å². The van der Waals surface area contributed by atoms with E-state index >= 15 is 0 Å². The van der Waals surface area contributed by atoms with Crippen LogP contribution in [-0.2, 0) is 21.1 Å². The number of nitrogens with one attached hydrogen (secondary N) is 1. The Morgan fingerprint density at radius 3 is 2.78 bits per heavy atom. The van der Waals surface area contributed by atoms with Gasteiger partial charge in [0.15, 0.2) is 9.84 Å². The van der Waals surface area contributed by atoms with Gasteiger partial charge in [-0.1, -0.05) is 0 Å². The van der Waals surface area contributed by atoms with E-state index in [1.807, 2.05) is 0 Å². The Kier molecular flexibility index (Phi) is 2.66. The number of carbonyl (C=O) groups excluding carboxylic acids is 1. The number of amides is 1. The lowest BCUT2D eigenvalue weighted by Gasteiger charge is -2.17. The van der Waals surface area contributed by atoms with Gasteiger partial charge in [-0.25, -0.2) is 8.42 Å². The highest BCUT2D eigenvalue weighted by atomic mass is 32.2. The van der Waals surface area contributed by atoms with Crippen molar-refractivity contribution in [1.29, 1.82) is 0 Å². The maximum Gasteiger partial charge on any atom is 0.227 e. The van der Waals surface area contributed by atoms with E-state index in [1.54, 1.807) is 18.2 Å². The number of aryl methyl sites for hydroxylation is 1. The van der Waals surface area contributed by atoms with Crippen molar-refractivity contribution in [2.75, 3.05) is 11.1 Å². The van der Waals surface area contributed by atoms with Crippen LogP contribution in [0, 0.1) is 5.92 Å². The number of hydrogen-bond donors (Lipinski definition) is 1. The van der Waals surface area contributed by atoms with Gasteiger partial charge in [-0.05, 0) is 49.4 Å². The molecule has 0 aromatic heterocycles. The molecule has 4 nitrogen and oxygen atoms in total. The molecule has 1 N–H and O–H groups in total. The van der Waals surface area contributed by atoms with Crippen LogP contribution in [-0.4, -0.2) is 20.1 Å². The van der Waals surface area contributed by atoms with Crippen molar-refractivity contribution in [3.8, 4) is 0 Å². The topological polar surface area (TPSA) is 63.2 Å². The number of rotatable bonds is 2. The third-order valence-electron chi connectivity index (χ3n) is 3.47. The van der Waals surface area contributed by atoms with Gasteiger partial charge in [0.2, 0.25) is 5.91 Å². The molecule has 3 rings (SSSR count). The minimum Gasteiger partial charge on any atom is -0.326 e. The van der Waals surface area contributed by atoms with Crippen LogP contribution in [0.1, 0.15) is 24.8 Å². The Labute approximate surface area is 106 Å². The maximum absolute atomic E-state index is 11.8. The zero-order valence-electron chi connectivity index (χ0n) is 9.98. The van der Waals surface area contributed by atoms with E-state index in [4.69, 9.17) is 0 Å². The summed E-state index contributed by atoms with van der Waals surface area (Å²) in [5.74, 6) is 0.437. The van der Waals surface area contributed by atoms with Crippen molar-refractivity contribution in [2.24, 2.45) is 5.92 Å². The highest BCUT2D eigenvalue weighted by Crippen LogP contribution is 2.31. The molecule has 1 heterocycles. The molecule has 0 saturated heterocycles. The first-order valence-electron chi connectivity index (χ1n) is 6.23. The molecular weight excluding hydrogens is 250 g/mol. The van der Waals surface area contributed by atoms with E-state index in [0.717, 1.165) is 24.8 Å². The van der Waals surface area contributed by atoms with Gasteiger partial charge in [-0.15, -0.1) is 0 Å². The fourth-order valence-electron chi connectivity index (χ4n) is 2.31. The molecule has 0 unspecified atom stereocenters. The summed E-state index contributed by atoms with van der Waals surface area (Å²) in [6.45, 7) is 0. The van der Waals surface area contributed by atoms with Crippen molar-refractivity contribution in [1.82, 2.24) is 0 Å². The average Bonchev–Trinajstić information content (AvgIpc) is 3.11. The molecule has 0 radical (unpaired) electrons. The van der Waals surface area contributed by atoms with Gasteiger partial charge in [-0.2, -0.15) is 0 Å². The Morgan fingerprint density at radius 2 is 2.06 bits per heavy atom. The summed E-state index contributed by atoms with van der Waals surface area (Å²) in [6, 6.07) is 5.10. The largest absolute Gasteiger partial charge is 0.326 e. The molecule has 2 aliphatic rings. The Hall–Kier alpha value is -1.36. The molecule has 1 aliphatic heterocycles. The molecule has 0 atom stereocenters. The van der Waals surface area contributed by atoms with E-state index in [0.29, 0.717) is 17.0 Å². The quantitative estimate of drug-likeness (QED) is 0.886. The summed E-state index contributed by atoms with van der Waals surface area (Å²) in [5.41, 5.74) is 1.54. The molecule has 0 bridgehead atoms. The minimum absolute atomic E-state index is 0.0496. The lowest BCUT2D eigenvalue weighted by atomic mass is 10.1. The Morgan fingerprint density at radius 1 is 1.28 bits per heavy atom. The zero-order valence-corrected chi connectivity index (χ0v) is 10.8. The molecular formula is C13H15NO3S. The lowest BCUT2D eigenvalue weighted by molar-refractivity contribution is -0.117. The summed E-state index contributed by atoms with van der Waals surface area (Å²) in [7, 11) is -3.10. The first-order chi connectivity index (χ1) is 8.56. The molecule has 1 aromatic rings. The minimum atomic E-state index is -3.10. The summed E-state index contributed by atoms with van der Waals surface area (Å²) >= 11 is 0. The number of benzene rings is 1. The van der Waals surface area contributed by atoms with E-state index in [9.17, 15) is 13.2 Å². The van der Waals surface area contributed by atoms with Crippen molar-refractivity contribution >= 4 is 21.4 Å². The highest BCUT2D eigenvalue weighted by molar-refractivity contribution is 7.91. The third-order valence-corrected chi connectivity index (χ3v) is 5.36. The monoisotopic (exact) mass is 265 g/mol. The first-order valence-corrected chi connectivity index (χ1v) is 7.88. The van der Waals surface area contributed by atoms with Crippen LogP contribution in [0.2, 0.25) is 0 Å². The maximum atomic E-state index is 11.8. The number of hydrogen-bond acceptors (Lipinski definition) is 3. The first kappa shape index (κ1) is 11.7. The molecule has 1 amide bonds. The molecule has 0 spiro atoms. The van der Waals surface area contributed by atoms with E-state index in [2.05, 4.69) is 5.32 Å². The van der Waals surface area contributed by atoms with Crippen LogP contribution < -0.4 is 5.32 Å². The molecule has 1 saturated carbocycles. The number of carbonyl (C=O) groups is 1. The molecule has 1 fully saturated rings. The Balaban J connectivity index is 1.88. The molecule has 1 aliphatic carbocycles. The second kappa shape index (κ2) is 4.09. The van der Waals surface area contributed by atoms with Crippen LogP contribution in [0.4, 0.5) is 5.69 Å². The van der Waals surface area contributed by atoms with Crippen LogP contribution in [0.25, 0.3) is 0 Å². The third kappa shape index (κ3) is 2.14. The summed E-state index contributed by atoms with van der Waals surface area (Å²) in [6.07, 6.45) is 3.35. The zero-order chi connectivity index (χ0) is 12.8. The van der Waals surface area contributed by atoms with Crippen molar-refractivity contribution in [2.45, 2.75) is 30.6 Å².